The summed E-state index contributed by atoms with van der Waals surface area (Å²) in [6.07, 6.45) is 3.60. The van der Waals surface area contributed by atoms with Gasteiger partial charge in [0, 0.05) is 76.1 Å². The molecule has 5 amide bonds. The highest BCUT2D eigenvalue weighted by atomic mass is 35.5. The molecule has 5 aliphatic heterocycles. The lowest BCUT2D eigenvalue weighted by Crippen LogP contribution is -2.54. The summed E-state index contributed by atoms with van der Waals surface area (Å²) in [6.45, 7) is 8.74. The van der Waals surface area contributed by atoms with Crippen LogP contribution in [0.15, 0.2) is 47.5 Å². The summed E-state index contributed by atoms with van der Waals surface area (Å²) in [7, 11) is 0. The summed E-state index contributed by atoms with van der Waals surface area (Å²) in [6, 6.07) is 9.82. The minimum absolute atomic E-state index is 0.00538. The van der Waals surface area contributed by atoms with E-state index in [4.69, 9.17) is 22.3 Å². The number of fused-ring (bicyclic) bond motifs is 1. The molecule has 0 saturated carbocycles. The van der Waals surface area contributed by atoms with Gasteiger partial charge in [0.15, 0.2) is 5.50 Å². The number of benzene rings is 2. The number of thioether (sulfide) groups is 1. The molecule has 5 aliphatic rings. The van der Waals surface area contributed by atoms with E-state index in [-0.39, 0.29) is 30.5 Å². The molecule has 0 bridgehead atoms. The van der Waals surface area contributed by atoms with Crippen molar-refractivity contribution in [3.63, 3.8) is 0 Å². The van der Waals surface area contributed by atoms with Gasteiger partial charge in [0.2, 0.25) is 11.8 Å². The van der Waals surface area contributed by atoms with E-state index in [2.05, 4.69) is 30.3 Å². The number of primary amides is 1. The molecule has 6 heterocycles. The Hall–Kier alpha value is -5.10. The zero-order valence-electron chi connectivity index (χ0n) is 31.5. The molecule has 0 spiro atoms. The number of para-hydroxylation sites is 1. The van der Waals surface area contributed by atoms with E-state index < -0.39 is 46.9 Å². The smallest absolute Gasteiger partial charge is 0.265 e. The van der Waals surface area contributed by atoms with Gasteiger partial charge in [-0.2, -0.15) is 0 Å². The molecule has 298 valence electrons. The van der Waals surface area contributed by atoms with Crippen molar-refractivity contribution in [1.82, 2.24) is 30.0 Å². The van der Waals surface area contributed by atoms with Crippen LogP contribution >= 0.6 is 23.4 Å². The molecule has 18 heteroatoms. The molecule has 0 radical (unpaired) electrons. The minimum Gasteiger partial charge on any atom is -0.365 e. The highest BCUT2D eigenvalue weighted by Gasteiger charge is 2.46. The second-order valence-corrected chi connectivity index (χ2v) is 16.4. The van der Waals surface area contributed by atoms with Crippen LogP contribution in [0.5, 0.6) is 0 Å². The number of halogens is 2. The molecular weight excluding hydrogens is 775 g/mol. The molecule has 4 N–H and O–H groups in total. The van der Waals surface area contributed by atoms with Crippen LogP contribution in [0.1, 0.15) is 63.4 Å². The molecule has 57 heavy (non-hydrogen) atoms. The van der Waals surface area contributed by atoms with Gasteiger partial charge in [-0.05, 0) is 50.8 Å². The third-order valence-electron chi connectivity index (χ3n) is 11.3. The summed E-state index contributed by atoms with van der Waals surface area (Å²) in [5.74, 6) is -1.98. The molecule has 2 aromatic carbocycles. The molecule has 3 fully saturated rings. The van der Waals surface area contributed by atoms with E-state index in [0.29, 0.717) is 46.3 Å². The average molecular weight is 817 g/mol. The predicted molar refractivity (Wildman–Crippen MR) is 213 cm³/mol. The number of piperidine rings is 2. The number of imide groups is 2. The van der Waals surface area contributed by atoms with Crippen LogP contribution in [0.4, 0.5) is 21.7 Å². The van der Waals surface area contributed by atoms with Crippen LogP contribution in [-0.4, -0.2) is 111 Å². The number of piperazine rings is 1. The third-order valence-corrected chi connectivity index (χ3v) is 12.7. The fourth-order valence-electron chi connectivity index (χ4n) is 8.34. The Labute approximate surface area is 337 Å². The topological polar surface area (TPSA) is 177 Å². The summed E-state index contributed by atoms with van der Waals surface area (Å²) in [4.78, 5) is 82.0. The van der Waals surface area contributed by atoms with Crippen molar-refractivity contribution in [2.24, 2.45) is 5.73 Å². The Bertz CT molecular complexity index is 2190. The number of nitrogens with one attached hydrogen (secondary N) is 2. The zero-order valence-corrected chi connectivity index (χ0v) is 33.0. The standard InChI is InChI=1S/C39H42ClFN10O5S/c1-21-4-3-5-26(40)34(21)50-20-28(35(42)53)57-39(50)45-29-18-30(44-22(2)43-29)49-12-10-24(11-13-49)48-16-14-47(15-17-48)19-23-6-7-25-32(33(23)41)38(56)51(37(25)55)27-8-9-31(52)46-36(27)54/h3-7,18,20,24,27,39H,8-17,19H2,1-2H3,(H2,42,53)(H,43,44,45)(H,46,52,54). The second kappa shape index (κ2) is 15.7. The zero-order chi connectivity index (χ0) is 40.1. The van der Waals surface area contributed by atoms with Gasteiger partial charge in [-0.25, -0.2) is 14.4 Å². The SMILES string of the molecule is Cc1nc(NC2SC(C(N)=O)=CN2c2c(C)cccc2Cl)cc(N2CCC(N3CCN(Cc4ccc5c(c4F)C(=O)N(C4CCC(=O)NC4=O)C5=O)CC3)CC2)n1. The van der Waals surface area contributed by atoms with E-state index in [1.807, 2.05) is 43.0 Å². The van der Waals surface area contributed by atoms with Crippen molar-refractivity contribution in [3.05, 3.63) is 86.4 Å². The first-order valence-electron chi connectivity index (χ1n) is 18.9. The Kier molecular flexibility index (Phi) is 10.7. The van der Waals surface area contributed by atoms with Crippen LogP contribution in [0.3, 0.4) is 0 Å². The molecule has 3 saturated heterocycles. The number of aryl methyl sites for hydroxylation is 2. The lowest BCUT2D eigenvalue weighted by atomic mass is 10.0. The first-order valence-corrected chi connectivity index (χ1v) is 20.2. The molecule has 1 aromatic heterocycles. The van der Waals surface area contributed by atoms with Crippen LogP contribution < -0.4 is 26.2 Å². The highest BCUT2D eigenvalue weighted by molar-refractivity contribution is 8.05. The Morgan fingerprint density at radius 3 is 2.46 bits per heavy atom. The third kappa shape index (κ3) is 7.56. The maximum atomic E-state index is 15.9. The lowest BCUT2D eigenvalue weighted by Gasteiger charge is -2.43. The summed E-state index contributed by atoms with van der Waals surface area (Å²) < 4.78 is 15.9. The van der Waals surface area contributed by atoms with Crippen LogP contribution in [-0.2, 0) is 20.9 Å². The average Bonchev–Trinajstić information content (AvgIpc) is 3.70. The number of hydrogen-bond donors (Lipinski definition) is 3. The maximum absolute atomic E-state index is 15.9. The molecule has 2 unspecified atom stereocenters. The van der Waals surface area contributed by atoms with Gasteiger partial charge in [0.05, 0.1) is 26.7 Å². The Morgan fingerprint density at radius 2 is 1.75 bits per heavy atom. The molecule has 0 aliphatic carbocycles. The van der Waals surface area contributed by atoms with Crippen molar-refractivity contribution < 1.29 is 28.4 Å². The number of amides is 5. The van der Waals surface area contributed by atoms with Gasteiger partial charge < -0.3 is 20.9 Å². The largest absolute Gasteiger partial charge is 0.365 e. The van der Waals surface area contributed by atoms with Crippen molar-refractivity contribution in [1.29, 1.82) is 0 Å². The summed E-state index contributed by atoms with van der Waals surface area (Å²) in [5, 5.41) is 6.18. The highest BCUT2D eigenvalue weighted by Crippen LogP contribution is 2.41. The monoisotopic (exact) mass is 816 g/mol. The molecular formula is C39H42ClFN10O5S. The van der Waals surface area contributed by atoms with E-state index in [0.717, 1.165) is 61.0 Å². The molecule has 8 rings (SSSR count). The minimum atomic E-state index is -1.15. The first-order chi connectivity index (χ1) is 27.4. The van der Waals surface area contributed by atoms with Gasteiger partial charge in [-0.15, -0.1) is 0 Å². The normalized spacial score (nSPS) is 22.2. The number of anilines is 3. The fourth-order valence-corrected chi connectivity index (χ4v) is 9.65. The number of carbonyl (C=O) groups is 5. The number of nitrogens with two attached hydrogens (primary N) is 1. The van der Waals surface area contributed by atoms with Crippen LogP contribution in [0.2, 0.25) is 5.02 Å². The van der Waals surface area contributed by atoms with Gasteiger partial charge >= 0.3 is 0 Å². The first kappa shape index (κ1) is 38.8. The second-order valence-electron chi connectivity index (χ2n) is 14.9. The number of rotatable bonds is 9. The van der Waals surface area contributed by atoms with E-state index in [1.165, 1.54) is 17.8 Å². The lowest BCUT2D eigenvalue weighted by molar-refractivity contribution is -0.136. The predicted octanol–water partition coefficient (Wildman–Crippen LogP) is 3.35. The van der Waals surface area contributed by atoms with Crippen molar-refractivity contribution in [3.8, 4) is 0 Å². The summed E-state index contributed by atoms with van der Waals surface area (Å²) >= 11 is 7.92. The van der Waals surface area contributed by atoms with Crippen molar-refractivity contribution in [2.75, 3.05) is 54.4 Å². The van der Waals surface area contributed by atoms with Gasteiger partial charge in [0.25, 0.3) is 17.7 Å². The number of hydrogen-bond acceptors (Lipinski definition) is 13. The Morgan fingerprint density at radius 1 is 1.00 bits per heavy atom. The van der Waals surface area contributed by atoms with Gasteiger partial charge in [-0.1, -0.05) is 41.6 Å². The number of aromatic nitrogens is 2. The van der Waals surface area contributed by atoms with Gasteiger partial charge in [0.1, 0.15) is 29.3 Å². The quantitative estimate of drug-likeness (QED) is 0.269. The van der Waals surface area contributed by atoms with E-state index >= 15 is 4.39 Å². The van der Waals surface area contributed by atoms with Gasteiger partial charge in [-0.3, -0.25) is 44.0 Å². The van der Waals surface area contributed by atoms with Crippen LogP contribution in [0, 0.1) is 19.7 Å². The molecule has 2 atom stereocenters. The van der Waals surface area contributed by atoms with Crippen molar-refractivity contribution in [2.45, 2.75) is 63.7 Å². The van der Waals surface area contributed by atoms with E-state index in [1.54, 1.807) is 12.3 Å². The Balaban J connectivity index is 0.861. The fraction of sp³-hybridized carbons (Fsp3) is 0.410. The maximum Gasteiger partial charge on any atom is 0.265 e. The van der Waals surface area contributed by atoms with E-state index in [9.17, 15) is 24.0 Å². The van der Waals surface area contributed by atoms with Crippen molar-refractivity contribution >= 4 is 70.2 Å². The molecule has 15 nitrogen and oxygen atoms in total. The van der Waals surface area contributed by atoms with Crippen LogP contribution in [0.25, 0.3) is 0 Å². The molecule has 3 aromatic rings. The number of nitrogens with zero attached hydrogens (tertiary/aromatic N) is 7. The number of carbonyl (C=O) groups excluding carboxylic acids is 5. The summed E-state index contributed by atoms with van der Waals surface area (Å²) in [5.41, 5.74) is 6.93.